The maximum atomic E-state index is 12.1. The highest BCUT2D eigenvalue weighted by atomic mass is 16.5. The number of hydrogen-bond acceptors (Lipinski definition) is 4. The van der Waals surface area contributed by atoms with Gasteiger partial charge in [-0.05, 0) is 50.2 Å². The number of hydrogen-bond donors (Lipinski definition) is 1. The number of nitrogens with one attached hydrogen (secondary N) is 1. The third-order valence-corrected chi connectivity index (χ3v) is 3.28. The van der Waals surface area contributed by atoms with E-state index < -0.39 is 12.1 Å². The van der Waals surface area contributed by atoms with Crippen LogP contribution in [-0.4, -0.2) is 25.1 Å². The number of carbonyl (C=O) groups is 2. The maximum absolute atomic E-state index is 12.1. The summed E-state index contributed by atoms with van der Waals surface area (Å²) < 4.78 is 10.2. The predicted molar refractivity (Wildman–Crippen MR) is 87.7 cm³/mol. The van der Waals surface area contributed by atoms with Gasteiger partial charge in [-0.3, -0.25) is 4.79 Å². The largest absolute Gasteiger partial charge is 0.481 e. The van der Waals surface area contributed by atoms with E-state index in [0.717, 1.165) is 5.56 Å². The number of methoxy groups -OCH3 is 1. The van der Waals surface area contributed by atoms with Gasteiger partial charge in [0.1, 0.15) is 5.75 Å². The summed E-state index contributed by atoms with van der Waals surface area (Å²) in [5.41, 5.74) is 2.14. The first-order valence-electron chi connectivity index (χ1n) is 7.22. The van der Waals surface area contributed by atoms with E-state index in [1.54, 1.807) is 31.2 Å². The molecule has 1 N–H and O–H groups in total. The van der Waals surface area contributed by atoms with Gasteiger partial charge in [-0.1, -0.05) is 17.7 Å². The van der Waals surface area contributed by atoms with E-state index in [2.05, 4.69) is 10.1 Å². The smallest absolute Gasteiger partial charge is 0.337 e. The van der Waals surface area contributed by atoms with Crippen molar-refractivity contribution in [2.24, 2.45) is 0 Å². The number of benzene rings is 2. The Kier molecular flexibility index (Phi) is 5.36. The van der Waals surface area contributed by atoms with Crippen molar-refractivity contribution < 1.29 is 19.1 Å². The molecule has 0 aromatic heterocycles. The molecule has 2 aromatic carbocycles. The zero-order chi connectivity index (χ0) is 16.8. The lowest BCUT2D eigenvalue weighted by atomic mass is 10.2. The molecule has 2 aromatic rings. The number of esters is 1. The molecule has 0 heterocycles. The Labute approximate surface area is 135 Å². The van der Waals surface area contributed by atoms with Gasteiger partial charge in [0.2, 0.25) is 0 Å². The van der Waals surface area contributed by atoms with Gasteiger partial charge < -0.3 is 14.8 Å². The van der Waals surface area contributed by atoms with Crippen LogP contribution in [0.4, 0.5) is 5.69 Å². The predicted octanol–water partition coefficient (Wildman–Crippen LogP) is 3.19. The summed E-state index contributed by atoms with van der Waals surface area (Å²) in [4.78, 5) is 23.5. The second-order valence-corrected chi connectivity index (χ2v) is 5.13. The summed E-state index contributed by atoms with van der Waals surface area (Å²) in [5.74, 6) is -0.0466. The van der Waals surface area contributed by atoms with Crippen molar-refractivity contribution in [3.63, 3.8) is 0 Å². The van der Waals surface area contributed by atoms with Crippen LogP contribution in [0.25, 0.3) is 0 Å². The number of anilines is 1. The molecule has 0 spiro atoms. The van der Waals surface area contributed by atoms with Crippen LogP contribution < -0.4 is 10.1 Å². The lowest BCUT2D eigenvalue weighted by Crippen LogP contribution is -2.30. The number of ether oxygens (including phenoxy) is 2. The van der Waals surface area contributed by atoms with Crippen molar-refractivity contribution in [2.45, 2.75) is 20.0 Å². The van der Waals surface area contributed by atoms with E-state index in [1.165, 1.54) is 7.11 Å². The van der Waals surface area contributed by atoms with Crippen LogP contribution in [0, 0.1) is 6.92 Å². The van der Waals surface area contributed by atoms with E-state index >= 15 is 0 Å². The summed E-state index contributed by atoms with van der Waals surface area (Å²) >= 11 is 0. The second-order valence-electron chi connectivity index (χ2n) is 5.13. The molecule has 0 bridgehead atoms. The van der Waals surface area contributed by atoms with E-state index in [1.807, 2.05) is 31.2 Å². The molecule has 5 heteroatoms. The van der Waals surface area contributed by atoms with E-state index in [9.17, 15) is 9.59 Å². The van der Waals surface area contributed by atoms with Gasteiger partial charge in [-0.25, -0.2) is 4.79 Å². The van der Waals surface area contributed by atoms with Gasteiger partial charge in [-0.15, -0.1) is 0 Å². The Hall–Kier alpha value is -2.82. The van der Waals surface area contributed by atoms with Crippen LogP contribution in [0.3, 0.4) is 0 Å². The standard InChI is InChI=1S/C18H19NO4/c1-12-4-10-16(11-5-12)23-13(2)17(20)19-15-8-6-14(7-9-15)18(21)22-3/h4-11,13H,1-3H3,(H,19,20)/t13-/m1/s1. The number of carbonyl (C=O) groups excluding carboxylic acids is 2. The van der Waals surface area contributed by atoms with Crippen LogP contribution in [0.15, 0.2) is 48.5 Å². The number of amides is 1. The van der Waals surface area contributed by atoms with Gasteiger partial charge in [0.25, 0.3) is 5.91 Å². The Morgan fingerprint density at radius 1 is 1.00 bits per heavy atom. The molecule has 2 rings (SSSR count). The van der Waals surface area contributed by atoms with Crippen molar-refractivity contribution >= 4 is 17.6 Å². The molecule has 1 atom stereocenters. The van der Waals surface area contributed by atoms with Crippen LogP contribution in [0.1, 0.15) is 22.8 Å². The van der Waals surface area contributed by atoms with Crippen LogP contribution in [-0.2, 0) is 9.53 Å². The summed E-state index contributed by atoms with van der Waals surface area (Å²) in [5, 5.41) is 2.74. The number of rotatable bonds is 5. The van der Waals surface area contributed by atoms with Crippen molar-refractivity contribution in [3.8, 4) is 5.75 Å². The first kappa shape index (κ1) is 16.5. The minimum absolute atomic E-state index is 0.267. The summed E-state index contributed by atoms with van der Waals surface area (Å²) in [6.45, 7) is 3.66. The quantitative estimate of drug-likeness (QED) is 0.861. The fourth-order valence-corrected chi connectivity index (χ4v) is 1.93. The van der Waals surface area contributed by atoms with Gasteiger partial charge in [-0.2, -0.15) is 0 Å². The second kappa shape index (κ2) is 7.45. The van der Waals surface area contributed by atoms with Crippen molar-refractivity contribution in [3.05, 3.63) is 59.7 Å². The van der Waals surface area contributed by atoms with Gasteiger partial charge in [0.15, 0.2) is 6.10 Å². The van der Waals surface area contributed by atoms with Gasteiger partial charge >= 0.3 is 5.97 Å². The highest BCUT2D eigenvalue weighted by Gasteiger charge is 2.15. The molecule has 23 heavy (non-hydrogen) atoms. The highest BCUT2D eigenvalue weighted by Crippen LogP contribution is 2.15. The van der Waals surface area contributed by atoms with Crippen LogP contribution >= 0.6 is 0 Å². The van der Waals surface area contributed by atoms with Crippen molar-refractivity contribution in [1.82, 2.24) is 0 Å². The lowest BCUT2D eigenvalue weighted by molar-refractivity contribution is -0.122. The van der Waals surface area contributed by atoms with E-state index in [0.29, 0.717) is 17.0 Å². The summed E-state index contributed by atoms with van der Waals surface area (Å²) in [6.07, 6.45) is -0.641. The number of aryl methyl sites for hydroxylation is 1. The molecule has 0 aliphatic carbocycles. The third-order valence-electron chi connectivity index (χ3n) is 3.28. The Bertz CT molecular complexity index is 677. The zero-order valence-electron chi connectivity index (χ0n) is 13.3. The fourth-order valence-electron chi connectivity index (χ4n) is 1.93. The molecule has 0 aliphatic heterocycles. The molecule has 0 saturated carbocycles. The Morgan fingerprint density at radius 2 is 1.61 bits per heavy atom. The van der Waals surface area contributed by atoms with E-state index in [4.69, 9.17) is 4.74 Å². The zero-order valence-corrected chi connectivity index (χ0v) is 13.3. The molecule has 0 radical (unpaired) electrons. The van der Waals surface area contributed by atoms with Gasteiger partial charge in [0.05, 0.1) is 12.7 Å². The average molecular weight is 313 g/mol. The molecule has 5 nitrogen and oxygen atoms in total. The normalized spacial score (nSPS) is 11.4. The molecule has 0 aliphatic rings. The maximum Gasteiger partial charge on any atom is 0.337 e. The minimum Gasteiger partial charge on any atom is -0.481 e. The summed E-state index contributed by atoms with van der Waals surface area (Å²) in [7, 11) is 1.32. The fraction of sp³-hybridized carbons (Fsp3) is 0.222. The molecule has 0 saturated heterocycles. The molecular weight excluding hydrogens is 294 g/mol. The molecule has 0 unspecified atom stereocenters. The van der Waals surface area contributed by atoms with Crippen molar-refractivity contribution in [2.75, 3.05) is 12.4 Å². The first-order valence-corrected chi connectivity index (χ1v) is 7.22. The first-order chi connectivity index (χ1) is 11.0. The third kappa shape index (κ3) is 4.57. The van der Waals surface area contributed by atoms with E-state index in [-0.39, 0.29) is 5.91 Å². The minimum atomic E-state index is -0.641. The Balaban J connectivity index is 1.95. The Morgan fingerprint density at radius 3 is 2.17 bits per heavy atom. The lowest BCUT2D eigenvalue weighted by Gasteiger charge is -2.15. The van der Waals surface area contributed by atoms with Crippen molar-refractivity contribution in [1.29, 1.82) is 0 Å². The SMILES string of the molecule is COC(=O)c1ccc(NC(=O)[C@@H](C)Oc2ccc(C)cc2)cc1. The summed E-state index contributed by atoms with van der Waals surface area (Å²) in [6, 6.07) is 14.0. The monoisotopic (exact) mass is 313 g/mol. The topological polar surface area (TPSA) is 64.6 Å². The van der Waals surface area contributed by atoms with Crippen LogP contribution in [0.2, 0.25) is 0 Å². The van der Waals surface area contributed by atoms with Gasteiger partial charge in [0, 0.05) is 5.69 Å². The molecular formula is C18H19NO4. The van der Waals surface area contributed by atoms with Crippen LogP contribution in [0.5, 0.6) is 5.75 Å². The highest BCUT2D eigenvalue weighted by molar-refractivity contribution is 5.95. The molecule has 1 amide bonds. The molecule has 0 fully saturated rings. The molecule has 120 valence electrons. The average Bonchev–Trinajstić information content (AvgIpc) is 2.56.